The second-order valence-corrected chi connectivity index (χ2v) is 6.73. The van der Waals surface area contributed by atoms with Crippen molar-refractivity contribution in [3.05, 3.63) is 48.7 Å². The molecule has 0 spiro atoms. The minimum absolute atomic E-state index is 0. The number of nitrogens with zero attached hydrogens (tertiary/aromatic N) is 4. The molecule has 0 aliphatic carbocycles. The van der Waals surface area contributed by atoms with Gasteiger partial charge in [-0.2, -0.15) is 0 Å². The second kappa shape index (κ2) is 7.87. The molecule has 0 bridgehead atoms. The molecule has 1 fully saturated rings. The van der Waals surface area contributed by atoms with E-state index < -0.39 is 0 Å². The number of rotatable bonds is 3. The lowest BCUT2D eigenvalue weighted by molar-refractivity contribution is 0.442. The average Bonchev–Trinajstić information content (AvgIpc) is 3.08. The highest BCUT2D eigenvalue weighted by Gasteiger charge is 2.22. The number of hydrogen-bond donors (Lipinski definition) is 0. The van der Waals surface area contributed by atoms with Crippen LogP contribution in [0.5, 0.6) is 0 Å². The molecule has 4 rings (SSSR count). The largest absolute Gasteiger partial charge is 0.469 e. The fourth-order valence-electron chi connectivity index (χ4n) is 3.44. The Kier molecular flexibility index (Phi) is 5.57. The van der Waals surface area contributed by atoms with Gasteiger partial charge < -0.3 is 9.32 Å². The van der Waals surface area contributed by atoms with E-state index in [2.05, 4.69) is 21.8 Å². The molecular weight excluding hydrogens is 348 g/mol. The minimum atomic E-state index is 0. The van der Waals surface area contributed by atoms with Gasteiger partial charge in [-0.15, -0.1) is 12.4 Å². The van der Waals surface area contributed by atoms with Gasteiger partial charge in [-0.05, 0) is 43.9 Å². The van der Waals surface area contributed by atoms with Gasteiger partial charge in [0, 0.05) is 36.6 Å². The van der Waals surface area contributed by atoms with Crippen LogP contribution < -0.4 is 4.90 Å². The zero-order chi connectivity index (χ0) is 17.2. The van der Waals surface area contributed by atoms with Gasteiger partial charge >= 0.3 is 0 Å². The molecule has 0 N–H and O–H groups in total. The molecule has 4 heterocycles. The van der Waals surface area contributed by atoms with E-state index >= 15 is 0 Å². The molecule has 3 aromatic rings. The Morgan fingerprint density at radius 2 is 2.04 bits per heavy atom. The molecule has 0 saturated carbocycles. The Balaban J connectivity index is 0.00000196. The van der Waals surface area contributed by atoms with Gasteiger partial charge in [0.15, 0.2) is 0 Å². The lowest BCUT2D eigenvalue weighted by atomic mass is 10.0. The first-order valence-electron chi connectivity index (χ1n) is 8.80. The van der Waals surface area contributed by atoms with Crippen LogP contribution in [0.15, 0.2) is 47.3 Å². The molecule has 0 amide bonds. The minimum Gasteiger partial charge on any atom is -0.469 e. The van der Waals surface area contributed by atoms with Crippen molar-refractivity contribution in [3.8, 4) is 22.5 Å². The van der Waals surface area contributed by atoms with E-state index in [-0.39, 0.29) is 12.4 Å². The number of hydrogen-bond acceptors (Lipinski definition) is 5. The maximum atomic E-state index is 5.52. The summed E-state index contributed by atoms with van der Waals surface area (Å²) < 4.78 is 5.52. The molecule has 5 nitrogen and oxygen atoms in total. The van der Waals surface area contributed by atoms with Crippen molar-refractivity contribution in [2.45, 2.75) is 26.7 Å². The van der Waals surface area contributed by atoms with Gasteiger partial charge in [-0.25, -0.2) is 9.97 Å². The third kappa shape index (κ3) is 3.58. The predicted molar refractivity (Wildman–Crippen MR) is 106 cm³/mol. The van der Waals surface area contributed by atoms with Gasteiger partial charge in [-0.3, -0.25) is 4.98 Å². The van der Waals surface area contributed by atoms with Crippen LogP contribution in [-0.2, 0) is 0 Å². The van der Waals surface area contributed by atoms with Gasteiger partial charge in [0.25, 0.3) is 0 Å². The highest BCUT2D eigenvalue weighted by atomic mass is 35.5. The van der Waals surface area contributed by atoms with E-state index in [4.69, 9.17) is 9.40 Å². The zero-order valence-electron chi connectivity index (χ0n) is 15.1. The van der Waals surface area contributed by atoms with Crippen molar-refractivity contribution >= 4 is 18.4 Å². The number of pyridine rings is 1. The standard InChI is InChI=1S/C20H22N4O.ClH/c1-14-6-5-10-24(13-14)20-22-12-17(18-7-3-4-9-21-18)19(23-20)16-8-11-25-15(16)2;/h3-4,7-9,11-12,14H,5-6,10,13H2,1-2H3;1H. The van der Waals surface area contributed by atoms with Crippen LogP contribution in [0.1, 0.15) is 25.5 Å². The normalized spacial score (nSPS) is 17.0. The number of halogens is 1. The molecular formula is C20H23ClN4O. The summed E-state index contributed by atoms with van der Waals surface area (Å²) in [5.41, 5.74) is 3.68. The van der Waals surface area contributed by atoms with Crippen molar-refractivity contribution in [3.63, 3.8) is 0 Å². The van der Waals surface area contributed by atoms with Crippen molar-refractivity contribution in [1.82, 2.24) is 15.0 Å². The van der Waals surface area contributed by atoms with Gasteiger partial charge in [0.05, 0.1) is 17.7 Å². The number of aromatic nitrogens is 3. The summed E-state index contributed by atoms with van der Waals surface area (Å²) in [6, 6.07) is 7.85. The molecule has 1 atom stereocenters. The first-order chi connectivity index (χ1) is 12.2. The summed E-state index contributed by atoms with van der Waals surface area (Å²) >= 11 is 0. The lowest BCUT2D eigenvalue weighted by Gasteiger charge is -2.31. The van der Waals surface area contributed by atoms with Crippen molar-refractivity contribution in [1.29, 1.82) is 0 Å². The van der Waals surface area contributed by atoms with Gasteiger partial charge in [-0.1, -0.05) is 13.0 Å². The maximum Gasteiger partial charge on any atom is 0.225 e. The summed E-state index contributed by atoms with van der Waals surface area (Å²) in [7, 11) is 0. The second-order valence-electron chi connectivity index (χ2n) is 6.73. The van der Waals surface area contributed by atoms with Crippen molar-refractivity contribution in [2.75, 3.05) is 18.0 Å². The van der Waals surface area contributed by atoms with Crippen LogP contribution in [0.3, 0.4) is 0 Å². The summed E-state index contributed by atoms with van der Waals surface area (Å²) in [5, 5.41) is 0. The van der Waals surface area contributed by atoms with Crippen LogP contribution in [0.2, 0.25) is 0 Å². The van der Waals surface area contributed by atoms with Crippen LogP contribution in [-0.4, -0.2) is 28.0 Å². The Hall–Kier alpha value is -2.40. The van der Waals surface area contributed by atoms with Crippen LogP contribution >= 0.6 is 12.4 Å². The molecule has 0 aromatic carbocycles. The molecule has 1 saturated heterocycles. The number of aryl methyl sites for hydroxylation is 1. The van der Waals surface area contributed by atoms with Crippen LogP contribution in [0.25, 0.3) is 22.5 Å². The Morgan fingerprint density at radius 3 is 2.73 bits per heavy atom. The smallest absolute Gasteiger partial charge is 0.225 e. The highest BCUT2D eigenvalue weighted by Crippen LogP contribution is 2.33. The predicted octanol–water partition coefficient (Wildman–Crippen LogP) is 4.77. The fraction of sp³-hybridized carbons (Fsp3) is 0.350. The number of furan rings is 1. The first kappa shape index (κ1) is 18.4. The number of anilines is 1. The van der Waals surface area contributed by atoms with Crippen LogP contribution in [0.4, 0.5) is 5.95 Å². The van der Waals surface area contributed by atoms with E-state index in [9.17, 15) is 0 Å². The average molecular weight is 371 g/mol. The molecule has 1 aliphatic rings. The maximum absolute atomic E-state index is 5.52. The molecule has 6 heteroatoms. The SMILES string of the molecule is Cc1occc1-c1nc(N2CCCC(C)C2)ncc1-c1ccccn1.Cl. The van der Waals surface area contributed by atoms with E-state index in [1.54, 1.807) is 12.5 Å². The van der Waals surface area contributed by atoms with Gasteiger partial charge in [0.2, 0.25) is 5.95 Å². The third-order valence-corrected chi connectivity index (χ3v) is 4.77. The summed E-state index contributed by atoms with van der Waals surface area (Å²) in [5.74, 6) is 2.32. The molecule has 136 valence electrons. The highest BCUT2D eigenvalue weighted by molar-refractivity contribution is 5.85. The van der Waals surface area contributed by atoms with E-state index in [0.717, 1.165) is 47.3 Å². The molecule has 1 unspecified atom stereocenters. The quantitative estimate of drug-likeness (QED) is 0.665. The van der Waals surface area contributed by atoms with Crippen molar-refractivity contribution in [2.24, 2.45) is 5.92 Å². The first-order valence-corrected chi connectivity index (χ1v) is 8.80. The summed E-state index contributed by atoms with van der Waals surface area (Å²) in [6.07, 6.45) is 7.85. The molecule has 3 aromatic heterocycles. The van der Waals surface area contributed by atoms with E-state index in [1.807, 2.05) is 37.4 Å². The van der Waals surface area contributed by atoms with Crippen molar-refractivity contribution < 1.29 is 4.42 Å². The topological polar surface area (TPSA) is 55.1 Å². The Bertz CT molecular complexity index is 865. The zero-order valence-corrected chi connectivity index (χ0v) is 15.9. The van der Waals surface area contributed by atoms with E-state index in [0.29, 0.717) is 5.92 Å². The summed E-state index contributed by atoms with van der Waals surface area (Å²) in [6.45, 7) is 6.27. The summed E-state index contributed by atoms with van der Waals surface area (Å²) in [4.78, 5) is 16.3. The Labute approximate surface area is 159 Å². The Morgan fingerprint density at radius 1 is 1.15 bits per heavy atom. The van der Waals surface area contributed by atoms with Gasteiger partial charge in [0.1, 0.15) is 5.76 Å². The molecule has 26 heavy (non-hydrogen) atoms. The molecule has 0 radical (unpaired) electrons. The third-order valence-electron chi connectivity index (χ3n) is 4.77. The fourth-order valence-corrected chi connectivity index (χ4v) is 3.44. The van der Waals surface area contributed by atoms with E-state index in [1.165, 1.54) is 12.8 Å². The molecule has 1 aliphatic heterocycles. The monoisotopic (exact) mass is 370 g/mol. The lowest BCUT2D eigenvalue weighted by Crippen LogP contribution is -2.35. The van der Waals surface area contributed by atoms with Crippen LogP contribution in [0, 0.1) is 12.8 Å². The number of piperidine rings is 1.